The molecule has 2 heterocycles. The Morgan fingerprint density at radius 3 is 2.41 bits per heavy atom. The normalized spacial score (nSPS) is 15.3. The monoisotopic (exact) mass is 421 g/mol. The van der Waals surface area contributed by atoms with Crippen LogP contribution < -0.4 is 0 Å². The molecule has 1 aromatic heterocycles. The molecule has 1 aliphatic rings. The fourth-order valence-electron chi connectivity index (χ4n) is 2.92. The fourth-order valence-corrected chi connectivity index (χ4v) is 4.67. The SMILES string of the molecule is O=C(O)c1ccc(-c2csc(C=C3SC(=O)N(Cc4ccccc4)C3=O)c2)cc1. The van der Waals surface area contributed by atoms with Crippen LogP contribution in [0.1, 0.15) is 20.8 Å². The Bertz CT molecular complexity index is 1120. The van der Waals surface area contributed by atoms with Crippen LogP contribution in [0.5, 0.6) is 0 Å². The van der Waals surface area contributed by atoms with E-state index in [0.717, 1.165) is 33.3 Å². The first kappa shape index (κ1) is 19.2. The van der Waals surface area contributed by atoms with E-state index >= 15 is 0 Å². The Labute approximate surface area is 175 Å². The first-order chi connectivity index (χ1) is 14.0. The maximum atomic E-state index is 12.7. The predicted octanol–water partition coefficient (Wildman–Crippen LogP) is 5.35. The van der Waals surface area contributed by atoms with Gasteiger partial charge in [-0.1, -0.05) is 42.5 Å². The second-order valence-corrected chi connectivity index (χ2v) is 8.31. The highest BCUT2D eigenvalue weighted by molar-refractivity contribution is 8.18. The number of nitrogens with zero attached hydrogens (tertiary/aromatic N) is 1. The third-order valence-electron chi connectivity index (χ3n) is 4.42. The fraction of sp³-hybridized carbons (Fsp3) is 0.0455. The van der Waals surface area contributed by atoms with Crippen molar-refractivity contribution in [2.45, 2.75) is 6.54 Å². The number of hydrogen-bond acceptors (Lipinski definition) is 5. The lowest BCUT2D eigenvalue weighted by molar-refractivity contribution is -0.123. The van der Waals surface area contributed by atoms with Gasteiger partial charge in [-0.25, -0.2) is 4.79 Å². The molecule has 0 saturated carbocycles. The van der Waals surface area contributed by atoms with Gasteiger partial charge in [0.1, 0.15) is 0 Å². The summed E-state index contributed by atoms with van der Waals surface area (Å²) in [6.07, 6.45) is 1.73. The van der Waals surface area contributed by atoms with Crippen LogP contribution in [-0.2, 0) is 11.3 Å². The van der Waals surface area contributed by atoms with E-state index < -0.39 is 5.97 Å². The summed E-state index contributed by atoms with van der Waals surface area (Å²) >= 11 is 2.41. The smallest absolute Gasteiger partial charge is 0.335 e. The molecule has 5 nitrogen and oxygen atoms in total. The van der Waals surface area contributed by atoms with E-state index in [4.69, 9.17) is 5.11 Å². The summed E-state index contributed by atoms with van der Waals surface area (Å²) in [5.74, 6) is -1.25. The Kier molecular flexibility index (Phi) is 5.33. The van der Waals surface area contributed by atoms with Crippen LogP contribution in [0.25, 0.3) is 17.2 Å². The zero-order valence-corrected chi connectivity index (χ0v) is 16.7. The number of thiophene rings is 1. The van der Waals surface area contributed by atoms with E-state index in [2.05, 4.69) is 0 Å². The van der Waals surface area contributed by atoms with Crippen LogP contribution in [0.2, 0.25) is 0 Å². The number of aromatic carboxylic acids is 1. The van der Waals surface area contributed by atoms with Gasteiger partial charge in [0.05, 0.1) is 17.0 Å². The van der Waals surface area contributed by atoms with Crippen molar-refractivity contribution in [3.8, 4) is 11.1 Å². The highest BCUT2D eigenvalue weighted by atomic mass is 32.2. The minimum Gasteiger partial charge on any atom is -0.478 e. The molecule has 1 saturated heterocycles. The number of carboxylic acids is 1. The van der Waals surface area contributed by atoms with E-state index in [1.54, 1.807) is 30.3 Å². The lowest BCUT2D eigenvalue weighted by Crippen LogP contribution is -2.27. The number of rotatable bonds is 5. The van der Waals surface area contributed by atoms with E-state index in [1.807, 2.05) is 41.8 Å². The van der Waals surface area contributed by atoms with Gasteiger partial charge >= 0.3 is 5.97 Å². The van der Waals surface area contributed by atoms with Crippen LogP contribution in [0.15, 0.2) is 70.9 Å². The second kappa shape index (κ2) is 8.06. The van der Waals surface area contributed by atoms with Gasteiger partial charge in [-0.15, -0.1) is 11.3 Å². The molecule has 2 amide bonds. The Morgan fingerprint density at radius 2 is 1.72 bits per heavy atom. The lowest BCUT2D eigenvalue weighted by atomic mass is 10.1. The molecule has 1 aliphatic heterocycles. The quantitative estimate of drug-likeness (QED) is 0.562. The van der Waals surface area contributed by atoms with E-state index in [1.165, 1.54) is 16.2 Å². The van der Waals surface area contributed by atoms with Crippen LogP contribution in [0.3, 0.4) is 0 Å². The van der Waals surface area contributed by atoms with Crippen molar-refractivity contribution in [2.24, 2.45) is 0 Å². The maximum Gasteiger partial charge on any atom is 0.335 e. The number of carbonyl (C=O) groups excluding carboxylic acids is 2. The van der Waals surface area contributed by atoms with Crippen LogP contribution in [0.4, 0.5) is 4.79 Å². The van der Waals surface area contributed by atoms with Crippen molar-refractivity contribution >= 4 is 46.3 Å². The third kappa shape index (κ3) is 4.16. The van der Waals surface area contributed by atoms with Crippen molar-refractivity contribution in [1.82, 2.24) is 4.90 Å². The first-order valence-corrected chi connectivity index (χ1v) is 10.4. The van der Waals surface area contributed by atoms with Gasteiger partial charge in [0, 0.05) is 4.88 Å². The molecule has 0 aliphatic carbocycles. The minimum atomic E-state index is -0.964. The highest BCUT2D eigenvalue weighted by Crippen LogP contribution is 2.35. The number of hydrogen-bond donors (Lipinski definition) is 1. The second-order valence-electron chi connectivity index (χ2n) is 6.37. The van der Waals surface area contributed by atoms with Gasteiger partial charge in [-0.3, -0.25) is 14.5 Å². The number of amides is 2. The maximum absolute atomic E-state index is 12.7. The van der Waals surface area contributed by atoms with Gasteiger partial charge in [0.15, 0.2) is 0 Å². The van der Waals surface area contributed by atoms with Gasteiger partial charge in [0.2, 0.25) is 0 Å². The predicted molar refractivity (Wildman–Crippen MR) is 115 cm³/mol. The minimum absolute atomic E-state index is 0.233. The lowest BCUT2D eigenvalue weighted by Gasteiger charge is -2.11. The van der Waals surface area contributed by atoms with E-state index in [9.17, 15) is 14.4 Å². The van der Waals surface area contributed by atoms with E-state index in [0.29, 0.717) is 4.91 Å². The van der Waals surface area contributed by atoms with Crippen molar-refractivity contribution in [1.29, 1.82) is 0 Å². The number of thioether (sulfide) groups is 1. The van der Waals surface area contributed by atoms with Crippen molar-refractivity contribution < 1.29 is 19.5 Å². The molecule has 1 fully saturated rings. The zero-order chi connectivity index (χ0) is 20.4. The van der Waals surface area contributed by atoms with Crippen LogP contribution >= 0.6 is 23.1 Å². The molecule has 7 heteroatoms. The number of benzene rings is 2. The summed E-state index contributed by atoms with van der Waals surface area (Å²) in [6, 6.07) is 18.0. The summed E-state index contributed by atoms with van der Waals surface area (Å²) in [7, 11) is 0. The summed E-state index contributed by atoms with van der Waals surface area (Å²) in [5, 5.41) is 10.7. The van der Waals surface area contributed by atoms with Gasteiger partial charge in [-0.05, 0) is 58.1 Å². The zero-order valence-electron chi connectivity index (χ0n) is 15.1. The largest absolute Gasteiger partial charge is 0.478 e. The summed E-state index contributed by atoms with van der Waals surface area (Å²) < 4.78 is 0. The molecule has 4 rings (SSSR count). The standard InChI is InChI=1S/C22H15NO4S2/c24-20-19(29-22(27)23(20)12-14-4-2-1-3-5-14)11-18-10-17(13-28-18)15-6-8-16(9-7-15)21(25)26/h1-11,13H,12H2,(H,25,26). The molecule has 0 atom stereocenters. The van der Waals surface area contributed by atoms with E-state index in [-0.39, 0.29) is 23.3 Å². The topological polar surface area (TPSA) is 74.7 Å². The third-order valence-corrected chi connectivity index (χ3v) is 6.20. The molecule has 29 heavy (non-hydrogen) atoms. The number of carboxylic acid groups (broad SMARTS) is 1. The van der Waals surface area contributed by atoms with Crippen LogP contribution in [-0.4, -0.2) is 27.1 Å². The summed E-state index contributed by atoms with van der Waals surface area (Å²) in [6.45, 7) is 0.258. The molecule has 1 N–H and O–H groups in total. The summed E-state index contributed by atoms with van der Waals surface area (Å²) in [5.41, 5.74) is 2.96. The van der Waals surface area contributed by atoms with Gasteiger partial charge < -0.3 is 5.11 Å². The van der Waals surface area contributed by atoms with Gasteiger partial charge in [-0.2, -0.15) is 0 Å². The van der Waals surface area contributed by atoms with Crippen molar-refractivity contribution in [3.63, 3.8) is 0 Å². The van der Waals surface area contributed by atoms with Crippen molar-refractivity contribution in [2.75, 3.05) is 0 Å². The summed E-state index contributed by atoms with van der Waals surface area (Å²) in [4.78, 5) is 38.4. The Hall–Kier alpha value is -3.16. The number of carbonyl (C=O) groups is 3. The Balaban J connectivity index is 1.52. The van der Waals surface area contributed by atoms with Gasteiger partial charge in [0.25, 0.3) is 11.1 Å². The molecule has 144 valence electrons. The molecular formula is C22H15NO4S2. The molecule has 0 spiro atoms. The van der Waals surface area contributed by atoms with Crippen LogP contribution in [0, 0.1) is 0 Å². The molecule has 0 radical (unpaired) electrons. The van der Waals surface area contributed by atoms with Crippen molar-refractivity contribution in [3.05, 3.63) is 87.0 Å². The highest BCUT2D eigenvalue weighted by Gasteiger charge is 2.35. The molecular weight excluding hydrogens is 406 g/mol. The molecule has 3 aromatic rings. The first-order valence-electron chi connectivity index (χ1n) is 8.73. The average molecular weight is 421 g/mol. The molecule has 0 unspecified atom stereocenters. The molecule has 0 bridgehead atoms. The average Bonchev–Trinajstić information content (AvgIpc) is 3.29. The molecule has 2 aromatic carbocycles. The Morgan fingerprint density at radius 1 is 1.00 bits per heavy atom. The number of imide groups is 1.